The summed E-state index contributed by atoms with van der Waals surface area (Å²) in [5.74, 6) is -0.537. The molecule has 0 fully saturated rings. The molecule has 0 spiro atoms. The highest BCUT2D eigenvalue weighted by Crippen LogP contribution is 2.35. The maximum Gasteiger partial charge on any atom is 0.211 e. The molecule has 0 bridgehead atoms. The molecule has 0 saturated carbocycles. The van der Waals surface area contributed by atoms with Crippen molar-refractivity contribution in [1.82, 2.24) is 14.5 Å². The molecule has 0 aliphatic heterocycles. The van der Waals surface area contributed by atoms with Crippen LogP contribution in [0.1, 0.15) is 15.9 Å². The second-order valence-corrected chi connectivity index (χ2v) is 7.03. The van der Waals surface area contributed by atoms with E-state index >= 15 is 0 Å². The van der Waals surface area contributed by atoms with E-state index in [0.717, 1.165) is 0 Å². The van der Waals surface area contributed by atoms with Crippen LogP contribution < -0.4 is 0 Å². The molecule has 29 heavy (non-hydrogen) atoms. The van der Waals surface area contributed by atoms with Crippen LogP contribution >= 0.6 is 11.6 Å². The van der Waals surface area contributed by atoms with Crippen LogP contribution in [0.3, 0.4) is 0 Å². The molecule has 3 aromatic carbocycles. The zero-order valence-electron chi connectivity index (χ0n) is 15.1. The summed E-state index contributed by atoms with van der Waals surface area (Å²) < 4.78 is 1.55. The summed E-state index contributed by atoms with van der Waals surface area (Å²) in [6.07, 6.45) is 0. The summed E-state index contributed by atoms with van der Waals surface area (Å²) in [6, 6.07) is 23.2. The van der Waals surface area contributed by atoms with Crippen LogP contribution in [0, 0.1) is 0 Å². The quantitative estimate of drug-likeness (QED) is 0.425. The Hall–Kier alpha value is -3.70. The Kier molecular flexibility index (Phi) is 4.03. The number of hydrogen-bond donors (Lipinski definition) is 1. The number of carbonyl (C=O) groups is 1. The van der Waals surface area contributed by atoms with Crippen molar-refractivity contribution in [1.29, 1.82) is 0 Å². The molecule has 140 valence electrons. The van der Waals surface area contributed by atoms with Gasteiger partial charge in [-0.05, 0) is 48.5 Å². The van der Waals surface area contributed by atoms with Crippen molar-refractivity contribution in [3.8, 4) is 11.6 Å². The van der Waals surface area contributed by atoms with Gasteiger partial charge in [0.15, 0.2) is 5.65 Å². The number of aromatic hydroxyl groups is 1. The second-order valence-electron chi connectivity index (χ2n) is 6.59. The average Bonchev–Trinajstić information content (AvgIpc) is 3.03. The van der Waals surface area contributed by atoms with E-state index in [1.807, 2.05) is 54.6 Å². The number of fused-ring (bicyclic) bond motifs is 2. The summed E-state index contributed by atoms with van der Waals surface area (Å²) in [4.78, 5) is 22.6. The molecular formula is C23H14ClN3O2. The van der Waals surface area contributed by atoms with Crippen molar-refractivity contribution in [2.45, 2.75) is 0 Å². The number of rotatable bonds is 3. The number of hydrogen-bond acceptors (Lipinski definition) is 4. The van der Waals surface area contributed by atoms with Gasteiger partial charge in [-0.15, -0.1) is 0 Å². The van der Waals surface area contributed by atoms with Gasteiger partial charge in [-0.25, -0.2) is 9.97 Å². The topological polar surface area (TPSA) is 68.0 Å². The second kappa shape index (κ2) is 6.72. The van der Waals surface area contributed by atoms with Crippen molar-refractivity contribution in [3.63, 3.8) is 0 Å². The first-order valence-electron chi connectivity index (χ1n) is 8.99. The number of nitrogens with zero attached hydrogens (tertiary/aromatic N) is 3. The van der Waals surface area contributed by atoms with Crippen LogP contribution in [-0.4, -0.2) is 25.4 Å². The molecule has 5 aromatic rings. The number of benzene rings is 3. The minimum atomic E-state index is -0.344. The first kappa shape index (κ1) is 17.4. The van der Waals surface area contributed by atoms with Gasteiger partial charge in [0.2, 0.25) is 11.7 Å². The van der Waals surface area contributed by atoms with E-state index in [4.69, 9.17) is 16.6 Å². The van der Waals surface area contributed by atoms with E-state index in [0.29, 0.717) is 38.5 Å². The maximum atomic E-state index is 13.3. The molecule has 0 radical (unpaired) electrons. The SMILES string of the molecule is O=C(c1ccc(Cl)cc1)c1c(O)n(-c2ccccc2)c2nc3ccccc3nc12. The van der Waals surface area contributed by atoms with Gasteiger partial charge < -0.3 is 5.11 Å². The van der Waals surface area contributed by atoms with Crippen molar-refractivity contribution in [2.24, 2.45) is 0 Å². The lowest BCUT2D eigenvalue weighted by atomic mass is 10.0. The molecular weight excluding hydrogens is 386 g/mol. The number of halogens is 1. The molecule has 2 heterocycles. The molecule has 0 atom stereocenters. The third-order valence-electron chi connectivity index (χ3n) is 4.78. The van der Waals surface area contributed by atoms with Crippen LogP contribution in [0.15, 0.2) is 78.9 Å². The van der Waals surface area contributed by atoms with E-state index in [-0.39, 0.29) is 17.2 Å². The van der Waals surface area contributed by atoms with Gasteiger partial charge in [-0.3, -0.25) is 9.36 Å². The van der Waals surface area contributed by atoms with Crippen LogP contribution in [0.2, 0.25) is 5.02 Å². The zero-order chi connectivity index (χ0) is 20.0. The van der Waals surface area contributed by atoms with Crippen LogP contribution in [-0.2, 0) is 0 Å². The predicted molar refractivity (Wildman–Crippen MR) is 113 cm³/mol. The smallest absolute Gasteiger partial charge is 0.211 e. The van der Waals surface area contributed by atoms with E-state index in [9.17, 15) is 9.90 Å². The Morgan fingerprint density at radius 2 is 1.45 bits per heavy atom. The largest absolute Gasteiger partial charge is 0.494 e. The van der Waals surface area contributed by atoms with Gasteiger partial charge in [0.05, 0.1) is 16.7 Å². The van der Waals surface area contributed by atoms with Crippen LogP contribution in [0.25, 0.3) is 27.9 Å². The molecule has 5 rings (SSSR count). The minimum Gasteiger partial charge on any atom is -0.494 e. The molecule has 0 aliphatic rings. The van der Waals surface area contributed by atoms with E-state index < -0.39 is 0 Å². The highest BCUT2D eigenvalue weighted by molar-refractivity contribution is 6.30. The molecule has 0 aliphatic carbocycles. The Morgan fingerprint density at radius 3 is 2.14 bits per heavy atom. The number of ketones is 1. The van der Waals surface area contributed by atoms with E-state index in [1.54, 1.807) is 28.8 Å². The monoisotopic (exact) mass is 399 g/mol. The minimum absolute atomic E-state index is 0.115. The lowest BCUT2D eigenvalue weighted by Crippen LogP contribution is -2.02. The Labute approximate surface area is 170 Å². The third-order valence-corrected chi connectivity index (χ3v) is 5.04. The van der Waals surface area contributed by atoms with Crippen molar-refractivity contribution < 1.29 is 9.90 Å². The molecule has 6 heteroatoms. The third kappa shape index (κ3) is 2.83. The molecule has 0 saturated heterocycles. The summed E-state index contributed by atoms with van der Waals surface area (Å²) in [6.45, 7) is 0. The van der Waals surface area contributed by atoms with Crippen LogP contribution in [0.4, 0.5) is 0 Å². The predicted octanol–water partition coefficient (Wildman–Crippen LogP) is 5.16. The zero-order valence-corrected chi connectivity index (χ0v) is 15.8. The summed E-state index contributed by atoms with van der Waals surface area (Å²) in [7, 11) is 0. The number of aromatic nitrogens is 3. The van der Waals surface area contributed by atoms with Crippen molar-refractivity contribution in [3.05, 3.63) is 95.0 Å². The molecule has 0 unspecified atom stereocenters. The van der Waals surface area contributed by atoms with Gasteiger partial charge in [0.1, 0.15) is 11.1 Å². The Balaban J connectivity index is 1.85. The number of para-hydroxylation sites is 3. The number of carbonyl (C=O) groups excluding carboxylic acids is 1. The van der Waals surface area contributed by atoms with E-state index in [1.165, 1.54) is 0 Å². The Bertz CT molecular complexity index is 1380. The van der Waals surface area contributed by atoms with Gasteiger partial charge in [-0.1, -0.05) is 41.9 Å². The fraction of sp³-hybridized carbons (Fsp3) is 0. The van der Waals surface area contributed by atoms with Gasteiger partial charge in [0.25, 0.3) is 0 Å². The lowest BCUT2D eigenvalue weighted by Gasteiger charge is -2.06. The molecule has 5 nitrogen and oxygen atoms in total. The molecule has 2 aromatic heterocycles. The lowest BCUT2D eigenvalue weighted by molar-refractivity contribution is 0.103. The Morgan fingerprint density at radius 1 is 0.828 bits per heavy atom. The molecule has 1 N–H and O–H groups in total. The summed E-state index contributed by atoms with van der Waals surface area (Å²) >= 11 is 5.95. The van der Waals surface area contributed by atoms with Crippen molar-refractivity contribution >= 4 is 39.6 Å². The normalized spacial score (nSPS) is 11.2. The summed E-state index contributed by atoms with van der Waals surface area (Å²) in [5.41, 5.74) is 3.32. The standard InChI is InChI=1S/C23H14ClN3O2/c24-15-12-10-14(11-13-15)21(28)19-20-22(26-18-9-5-4-8-17(18)25-20)27(23(19)29)16-6-2-1-3-7-16/h1-13,29H. The summed E-state index contributed by atoms with van der Waals surface area (Å²) in [5, 5.41) is 11.6. The van der Waals surface area contributed by atoms with E-state index in [2.05, 4.69) is 4.98 Å². The van der Waals surface area contributed by atoms with Crippen molar-refractivity contribution in [2.75, 3.05) is 0 Å². The highest BCUT2D eigenvalue weighted by atomic mass is 35.5. The highest BCUT2D eigenvalue weighted by Gasteiger charge is 2.27. The van der Waals surface area contributed by atoms with Gasteiger partial charge in [0, 0.05) is 10.6 Å². The fourth-order valence-electron chi connectivity index (χ4n) is 3.41. The first-order valence-corrected chi connectivity index (χ1v) is 9.37. The van der Waals surface area contributed by atoms with Crippen LogP contribution in [0.5, 0.6) is 5.88 Å². The molecule has 0 amide bonds. The maximum absolute atomic E-state index is 13.3. The fourth-order valence-corrected chi connectivity index (χ4v) is 3.53. The average molecular weight is 400 g/mol. The first-order chi connectivity index (χ1) is 14.1. The van der Waals surface area contributed by atoms with Gasteiger partial charge >= 0.3 is 0 Å². The van der Waals surface area contributed by atoms with Gasteiger partial charge in [-0.2, -0.15) is 0 Å².